The molecule has 21 heavy (non-hydrogen) atoms. The van der Waals surface area contributed by atoms with Crippen molar-refractivity contribution >= 4 is 28.9 Å². The number of esters is 1. The molecule has 0 radical (unpaired) electrons. The lowest BCUT2D eigenvalue weighted by molar-refractivity contribution is -0.135. The summed E-state index contributed by atoms with van der Waals surface area (Å²) < 4.78 is 5.50. The van der Waals surface area contributed by atoms with Gasteiger partial charge in [0.25, 0.3) is 0 Å². The highest BCUT2D eigenvalue weighted by Crippen LogP contribution is 2.23. The van der Waals surface area contributed by atoms with Crippen LogP contribution in [0.5, 0.6) is 0 Å². The van der Waals surface area contributed by atoms with Gasteiger partial charge in [-0.1, -0.05) is 11.6 Å². The fourth-order valence-electron chi connectivity index (χ4n) is 2.10. The summed E-state index contributed by atoms with van der Waals surface area (Å²) in [5.74, 6) is -0.310. The van der Waals surface area contributed by atoms with E-state index < -0.39 is 0 Å². The topological polar surface area (TPSA) is 71.1 Å². The Balaban J connectivity index is 1.80. The van der Waals surface area contributed by atoms with Crippen molar-refractivity contribution in [2.75, 3.05) is 6.61 Å². The largest absolute Gasteiger partial charge is 0.456 e. The maximum atomic E-state index is 11.3. The Morgan fingerprint density at radius 1 is 1.52 bits per heavy atom. The summed E-state index contributed by atoms with van der Waals surface area (Å²) in [7, 11) is 0. The molecule has 0 aliphatic carbocycles. The minimum absolute atomic E-state index is 0.286. The number of H-pyrrole nitrogens is 1. The molecule has 1 aliphatic rings. The molecule has 8 heteroatoms. The van der Waals surface area contributed by atoms with E-state index in [1.54, 1.807) is 6.20 Å². The SMILES string of the molecule is Cc1cc(CN(Cc2cnc(Cl)s2)C2=CC(=O)OC2)n[nH]1. The van der Waals surface area contributed by atoms with Crippen LogP contribution in [0.1, 0.15) is 16.3 Å². The third-order valence-corrected chi connectivity index (χ3v) is 4.14. The van der Waals surface area contributed by atoms with Crippen molar-refractivity contribution in [3.05, 3.63) is 44.8 Å². The number of aryl methyl sites for hydroxylation is 1. The number of hydrogen-bond acceptors (Lipinski definition) is 6. The minimum Gasteiger partial charge on any atom is -0.456 e. The molecule has 0 fully saturated rings. The lowest BCUT2D eigenvalue weighted by Crippen LogP contribution is -2.23. The fourth-order valence-corrected chi connectivity index (χ4v) is 3.10. The predicted octanol–water partition coefficient (Wildman–Crippen LogP) is 2.27. The molecule has 0 amide bonds. The standard InChI is InChI=1S/C13H13ClN4O2S/c1-8-2-9(17-16-8)5-18(10-3-12(19)20-7-10)6-11-4-15-13(14)21-11/h2-4H,5-7H2,1H3,(H,16,17). The van der Waals surface area contributed by atoms with E-state index in [1.165, 1.54) is 17.4 Å². The van der Waals surface area contributed by atoms with Gasteiger partial charge in [0.05, 0.1) is 24.5 Å². The molecule has 0 aromatic carbocycles. The number of cyclic esters (lactones) is 1. The number of carbonyl (C=O) groups excluding carboxylic acids is 1. The number of aromatic nitrogens is 3. The first-order valence-corrected chi connectivity index (χ1v) is 7.53. The lowest BCUT2D eigenvalue weighted by atomic mass is 10.3. The highest BCUT2D eigenvalue weighted by Gasteiger charge is 2.21. The van der Waals surface area contributed by atoms with Crippen LogP contribution in [0.3, 0.4) is 0 Å². The van der Waals surface area contributed by atoms with Gasteiger partial charge in [0.1, 0.15) is 6.61 Å². The van der Waals surface area contributed by atoms with Crippen LogP contribution in [0.25, 0.3) is 0 Å². The first-order valence-electron chi connectivity index (χ1n) is 6.33. The van der Waals surface area contributed by atoms with Crippen molar-refractivity contribution < 1.29 is 9.53 Å². The average Bonchev–Trinajstić information content (AvgIpc) is 3.12. The molecule has 0 saturated carbocycles. The number of aromatic amines is 1. The second kappa shape index (κ2) is 5.87. The van der Waals surface area contributed by atoms with Gasteiger partial charge >= 0.3 is 5.97 Å². The molecule has 0 unspecified atom stereocenters. The summed E-state index contributed by atoms with van der Waals surface area (Å²) in [6, 6.07) is 1.98. The Hall–Kier alpha value is -1.86. The summed E-state index contributed by atoms with van der Waals surface area (Å²) in [6.07, 6.45) is 3.26. The zero-order valence-electron chi connectivity index (χ0n) is 11.3. The molecular formula is C13H13ClN4O2S. The van der Waals surface area contributed by atoms with Crippen LogP contribution in [0.2, 0.25) is 4.47 Å². The lowest BCUT2D eigenvalue weighted by Gasteiger charge is -2.23. The van der Waals surface area contributed by atoms with Crippen LogP contribution in [-0.4, -0.2) is 32.7 Å². The fraction of sp³-hybridized carbons (Fsp3) is 0.308. The third kappa shape index (κ3) is 3.43. The van der Waals surface area contributed by atoms with Gasteiger partial charge in [-0.3, -0.25) is 5.10 Å². The minimum atomic E-state index is -0.310. The molecule has 3 rings (SSSR count). The number of rotatable bonds is 5. The van der Waals surface area contributed by atoms with Crippen molar-refractivity contribution in [2.24, 2.45) is 0 Å². The number of nitrogens with zero attached hydrogens (tertiary/aromatic N) is 3. The van der Waals surface area contributed by atoms with E-state index in [2.05, 4.69) is 15.2 Å². The van der Waals surface area contributed by atoms with E-state index in [0.717, 1.165) is 22.0 Å². The summed E-state index contributed by atoms with van der Waals surface area (Å²) in [5, 5.41) is 7.15. The summed E-state index contributed by atoms with van der Waals surface area (Å²) in [5.41, 5.74) is 2.74. The van der Waals surface area contributed by atoms with E-state index in [-0.39, 0.29) is 12.6 Å². The second-order valence-corrected chi connectivity index (χ2v) is 6.42. The van der Waals surface area contributed by atoms with Gasteiger partial charge in [0.2, 0.25) is 0 Å². The molecule has 0 spiro atoms. The van der Waals surface area contributed by atoms with E-state index in [4.69, 9.17) is 16.3 Å². The number of ether oxygens (including phenoxy) is 1. The van der Waals surface area contributed by atoms with E-state index >= 15 is 0 Å². The van der Waals surface area contributed by atoms with Crippen LogP contribution in [-0.2, 0) is 22.6 Å². The molecule has 3 heterocycles. The second-order valence-electron chi connectivity index (χ2n) is 4.72. The Morgan fingerprint density at radius 2 is 2.38 bits per heavy atom. The van der Waals surface area contributed by atoms with E-state index in [1.807, 2.05) is 17.9 Å². The van der Waals surface area contributed by atoms with Gasteiger partial charge in [-0.2, -0.15) is 5.10 Å². The van der Waals surface area contributed by atoms with Crippen molar-refractivity contribution in [1.82, 2.24) is 20.1 Å². The summed E-state index contributed by atoms with van der Waals surface area (Å²) in [4.78, 5) is 18.4. The highest BCUT2D eigenvalue weighted by molar-refractivity contribution is 7.15. The van der Waals surface area contributed by atoms with Crippen LogP contribution in [0, 0.1) is 6.92 Å². The number of thiazole rings is 1. The molecule has 1 aliphatic heterocycles. The molecule has 1 N–H and O–H groups in total. The smallest absolute Gasteiger partial charge is 0.333 e. The van der Waals surface area contributed by atoms with Gasteiger partial charge < -0.3 is 9.64 Å². The zero-order valence-corrected chi connectivity index (χ0v) is 12.9. The summed E-state index contributed by atoms with van der Waals surface area (Å²) in [6.45, 7) is 3.43. The molecule has 6 nitrogen and oxygen atoms in total. The molecule has 110 valence electrons. The van der Waals surface area contributed by atoms with Crippen molar-refractivity contribution in [3.63, 3.8) is 0 Å². The van der Waals surface area contributed by atoms with Crippen molar-refractivity contribution in [1.29, 1.82) is 0 Å². The molecule has 0 saturated heterocycles. The Bertz CT molecular complexity index is 652. The first kappa shape index (κ1) is 14.1. The van der Waals surface area contributed by atoms with Gasteiger partial charge in [-0.15, -0.1) is 11.3 Å². The maximum absolute atomic E-state index is 11.3. The Kier molecular flexibility index (Phi) is 3.94. The van der Waals surface area contributed by atoms with E-state index in [9.17, 15) is 4.79 Å². The van der Waals surface area contributed by atoms with Gasteiger partial charge in [-0.05, 0) is 13.0 Å². The average molecular weight is 325 g/mol. The maximum Gasteiger partial charge on any atom is 0.333 e. The normalized spacial score (nSPS) is 14.2. The van der Waals surface area contributed by atoms with Crippen LogP contribution in [0.15, 0.2) is 24.0 Å². The Morgan fingerprint density at radius 3 is 2.95 bits per heavy atom. The van der Waals surface area contributed by atoms with Gasteiger partial charge in [-0.25, -0.2) is 9.78 Å². The predicted molar refractivity (Wildman–Crippen MR) is 78.7 cm³/mol. The van der Waals surface area contributed by atoms with E-state index in [0.29, 0.717) is 17.6 Å². The Labute approximate surface area is 130 Å². The quantitative estimate of drug-likeness (QED) is 0.854. The zero-order chi connectivity index (χ0) is 14.8. The van der Waals surface area contributed by atoms with Gasteiger partial charge in [0.15, 0.2) is 4.47 Å². The first-order chi connectivity index (χ1) is 10.1. The molecular weight excluding hydrogens is 312 g/mol. The third-order valence-electron chi connectivity index (χ3n) is 3.04. The summed E-state index contributed by atoms with van der Waals surface area (Å²) >= 11 is 7.29. The molecule has 2 aromatic heterocycles. The number of carbonyl (C=O) groups is 1. The molecule has 0 atom stereocenters. The van der Waals surface area contributed by atoms with Crippen LogP contribution >= 0.6 is 22.9 Å². The monoisotopic (exact) mass is 324 g/mol. The number of halogens is 1. The van der Waals surface area contributed by atoms with Crippen molar-refractivity contribution in [2.45, 2.75) is 20.0 Å². The highest BCUT2D eigenvalue weighted by atomic mass is 35.5. The van der Waals surface area contributed by atoms with Gasteiger partial charge in [0, 0.05) is 22.8 Å². The molecule has 0 bridgehead atoms. The number of nitrogens with one attached hydrogen (secondary N) is 1. The molecule has 2 aromatic rings. The van der Waals surface area contributed by atoms with Crippen LogP contribution in [0.4, 0.5) is 0 Å². The van der Waals surface area contributed by atoms with Crippen molar-refractivity contribution in [3.8, 4) is 0 Å². The van der Waals surface area contributed by atoms with Crippen LogP contribution < -0.4 is 0 Å². The number of hydrogen-bond donors (Lipinski definition) is 1.